The van der Waals surface area contributed by atoms with Crippen LogP contribution in [0.1, 0.15) is 16.3 Å². The Morgan fingerprint density at radius 3 is 2.50 bits per heavy atom. The van der Waals surface area contributed by atoms with Crippen LogP contribution in [0.25, 0.3) is 22.4 Å². The molecule has 0 bridgehead atoms. The number of carbonyl (C=O) groups excluding carboxylic acids is 1. The first-order valence-electron chi connectivity index (χ1n) is 7.96. The first-order valence-corrected chi connectivity index (χ1v) is 7.96. The Kier molecular flexibility index (Phi) is 4.94. The van der Waals surface area contributed by atoms with Crippen LogP contribution in [0.3, 0.4) is 0 Å². The molecular weight excluding hydrogens is 342 g/mol. The Morgan fingerprint density at radius 2 is 1.85 bits per heavy atom. The third kappa shape index (κ3) is 2.92. The Bertz CT molecular complexity index is 962. The minimum absolute atomic E-state index is 0.0405. The highest BCUT2D eigenvalue weighted by atomic mass is 19.2. The molecule has 0 aliphatic rings. The summed E-state index contributed by atoms with van der Waals surface area (Å²) in [5.41, 5.74) is 1.73. The van der Waals surface area contributed by atoms with Gasteiger partial charge in [0.05, 0.1) is 31.2 Å². The van der Waals surface area contributed by atoms with Gasteiger partial charge < -0.3 is 9.30 Å². The van der Waals surface area contributed by atoms with Gasteiger partial charge in [-0.15, -0.1) is 0 Å². The van der Waals surface area contributed by atoms with Crippen molar-refractivity contribution in [2.75, 3.05) is 13.7 Å². The zero-order chi connectivity index (χ0) is 18.8. The van der Waals surface area contributed by atoms with E-state index in [1.54, 1.807) is 25.8 Å². The van der Waals surface area contributed by atoms with Crippen molar-refractivity contribution in [3.63, 3.8) is 0 Å². The number of ether oxygens (including phenoxy) is 1. The topological polar surface area (TPSA) is 61.9 Å². The van der Waals surface area contributed by atoms with Gasteiger partial charge in [-0.2, -0.15) is 5.10 Å². The Labute approximate surface area is 149 Å². The highest BCUT2D eigenvalue weighted by Gasteiger charge is 2.21. The third-order valence-electron chi connectivity index (χ3n) is 4.39. The number of benzene rings is 1. The molecule has 0 fully saturated rings. The van der Waals surface area contributed by atoms with E-state index >= 15 is 0 Å². The maximum atomic E-state index is 14.8. The van der Waals surface area contributed by atoms with Gasteiger partial charge in [0.2, 0.25) is 0 Å². The molecule has 26 heavy (non-hydrogen) atoms. The smallest absolute Gasteiger partial charge is 0.185 e. The fourth-order valence-corrected chi connectivity index (χ4v) is 2.85. The van der Waals surface area contributed by atoms with Gasteiger partial charge in [-0.1, -0.05) is 6.07 Å². The van der Waals surface area contributed by atoms with Crippen LogP contribution in [-0.2, 0) is 18.3 Å². The van der Waals surface area contributed by atoms with E-state index in [1.165, 1.54) is 29.1 Å². The second-order valence-corrected chi connectivity index (χ2v) is 5.83. The van der Waals surface area contributed by atoms with Crippen LogP contribution >= 0.6 is 0 Å². The summed E-state index contributed by atoms with van der Waals surface area (Å²) in [4.78, 5) is 14.8. The summed E-state index contributed by atoms with van der Waals surface area (Å²) in [5.74, 6) is -1.82. The molecule has 2 heterocycles. The number of imidazole rings is 1. The van der Waals surface area contributed by atoms with E-state index in [-0.39, 0.29) is 17.0 Å². The van der Waals surface area contributed by atoms with E-state index in [0.717, 1.165) is 5.69 Å². The fourth-order valence-electron chi connectivity index (χ4n) is 2.85. The molecule has 0 aliphatic carbocycles. The molecule has 136 valence electrons. The molecule has 0 saturated carbocycles. The predicted molar refractivity (Wildman–Crippen MR) is 91.8 cm³/mol. The normalized spacial score (nSPS) is 11.1. The number of carbonyl (C=O) groups is 1. The number of nitrogens with zero attached hydrogens (tertiary/aromatic N) is 4. The van der Waals surface area contributed by atoms with Gasteiger partial charge in [0.15, 0.2) is 23.7 Å². The van der Waals surface area contributed by atoms with Crippen LogP contribution in [0.5, 0.6) is 0 Å². The number of hydrogen-bond acceptors (Lipinski definition) is 4. The SMILES string of the molecule is COCCn1ncc(-c2ccc(-c3cnc(C=O)n3C)c(F)c2F)c1C. The monoisotopic (exact) mass is 360 g/mol. The van der Waals surface area contributed by atoms with Gasteiger partial charge in [-0.25, -0.2) is 13.8 Å². The van der Waals surface area contributed by atoms with Crippen molar-refractivity contribution in [3.8, 4) is 22.4 Å². The lowest BCUT2D eigenvalue weighted by Gasteiger charge is -2.10. The fraction of sp³-hybridized carbons (Fsp3) is 0.278. The highest BCUT2D eigenvalue weighted by molar-refractivity contribution is 5.75. The number of aldehydes is 1. The van der Waals surface area contributed by atoms with E-state index in [1.807, 2.05) is 0 Å². The van der Waals surface area contributed by atoms with Crippen LogP contribution in [0.2, 0.25) is 0 Å². The summed E-state index contributed by atoms with van der Waals surface area (Å²) in [6.45, 7) is 2.78. The summed E-state index contributed by atoms with van der Waals surface area (Å²) in [6, 6.07) is 2.98. The quantitative estimate of drug-likeness (QED) is 0.634. The maximum absolute atomic E-state index is 14.8. The lowest BCUT2D eigenvalue weighted by atomic mass is 10.0. The maximum Gasteiger partial charge on any atom is 0.185 e. The zero-order valence-electron chi connectivity index (χ0n) is 14.7. The number of methoxy groups -OCH3 is 1. The highest BCUT2D eigenvalue weighted by Crippen LogP contribution is 2.32. The average molecular weight is 360 g/mol. The van der Waals surface area contributed by atoms with Crippen molar-refractivity contribution >= 4 is 6.29 Å². The molecule has 0 atom stereocenters. The summed E-state index contributed by atoms with van der Waals surface area (Å²) in [5, 5.41) is 4.20. The molecule has 0 N–H and O–H groups in total. The Hall–Kier alpha value is -2.87. The first kappa shape index (κ1) is 17.9. The number of halogens is 2. The van der Waals surface area contributed by atoms with Crippen molar-refractivity contribution in [1.82, 2.24) is 19.3 Å². The molecular formula is C18H18F2N4O2. The van der Waals surface area contributed by atoms with E-state index in [0.29, 0.717) is 30.7 Å². The summed E-state index contributed by atoms with van der Waals surface area (Å²) >= 11 is 0. The van der Waals surface area contributed by atoms with Gasteiger partial charge in [-0.05, 0) is 13.0 Å². The second kappa shape index (κ2) is 7.17. The molecule has 0 radical (unpaired) electrons. The van der Waals surface area contributed by atoms with Crippen LogP contribution in [0, 0.1) is 18.6 Å². The lowest BCUT2D eigenvalue weighted by molar-refractivity contribution is 0.111. The van der Waals surface area contributed by atoms with Crippen molar-refractivity contribution in [1.29, 1.82) is 0 Å². The minimum Gasteiger partial charge on any atom is -0.383 e. The molecule has 0 aliphatic heterocycles. The minimum atomic E-state index is -0.994. The Balaban J connectivity index is 2.04. The van der Waals surface area contributed by atoms with Crippen LogP contribution in [0.4, 0.5) is 8.78 Å². The van der Waals surface area contributed by atoms with Crippen LogP contribution in [-0.4, -0.2) is 39.3 Å². The number of aromatic nitrogens is 4. The molecule has 8 heteroatoms. The second-order valence-electron chi connectivity index (χ2n) is 5.83. The van der Waals surface area contributed by atoms with Crippen molar-refractivity contribution < 1.29 is 18.3 Å². The van der Waals surface area contributed by atoms with Gasteiger partial charge in [0.1, 0.15) is 0 Å². The van der Waals surface area contributed by atoms with Gasteiger partial charge in [0.25, 0.3) is 0 Å². The molecule has 0 amide bonds. The molecule has 0 spiro atoms. The molecule has 0 saturated heterocycles. The standard InChI is InChI=1S/C18H18F2N4O2/c1-11-14(8-22-24(11)6-7-26-3)12-4-5-13(18(20)17(12)19)15-9-21-16(10-25)23(15)2/h4-5,8-10H,6-7H2,1-3H3. The number of rotatable bonds is 6. The third-order valence-corrected chi connectivity index (χ3v) is 4.39. The lowest BCUT2D eigenvalue weighted by Crippen LogP contribution is -2.07. The van der Waals surface area contributed by atoms with Crippen LogP contribution in [0.15, 0.2) is 24.5 Å². The molecule has 3 aromatic rings. The average Bonchev–Trinajstić information content (AvgIpc) is 3.18. The van der Waals surface area contributed by atoms with Crippen LogP contribution < -0.4 is 0 Å². The van der Waals surface area contributed by atoms with E-state index in [9.17, 15) is 13.6 Å². The van der Waals surface area contributed by atoms with Crippen molar-refractivity contribution in [2.45, 2.75) is 13.5 Å². The van der Waals surface area contributed by atoms with E-state index in [4.69, 9.17) is 4.74 Å². The largest absolute Gasteiger partial charge is 0.383 e. The van der Waals surface area contributed by atoms with Gasteiger partial charge in [-0.3, -0.25) is 9.48 Å². The molecule has 1 aromatic carbocycles. The molecule has 0 unspecified atom stereocenters. The summed E-state index contributed by atoms with van der Waals surface area (Å²) in [6.07, 6.45) is 3.41. The first-order chi connectivity index (χ1) is 12.5. The Morgan fingerprint density at radius 1 is 1.15 bits per heavy atom. The molecule has 3 rings (SSSR count). The van der Waals surface area contributed by atoms with Crippen molar-refractivity contribution in [3.05, 3.63) is 47.7 Å². The van der Waals surface area contributed by atoms with E-state index in [2.05, 4.69) is 10.1 Å². The number of hydrogen-bond donors (Lipinski definition) is 0. The van der Waals surface area contributed by atoms with Gasteiger partial charge >= 0.3 is 0 Å². The van der Waals surface area contributed by atoms with Gasteiger partial charge in [0, 0.05) is 36.5 Å². The molecule has 6 nitrogen and oxygen atoms in total. The summed E-state index contributed by atoms with van der Waals surface area (Å²) < 4.78 is 37.6. The van der Waals surface area contributed by atoms with E-state index < -0.39 is 11.6 Å². The summed E-state index contributed by atoms with van der Waals surface area (Å²) in [7, 11) is 3.16. The molecule has 2 aromatic heterocycles. The predicted octanol–water partition coefficient (Wildman–Crippen LogP) is 3.00. The van der Waals surface area contributed by atoms with Crippen molar-refractivity contribution in [2.24, 2.45) is 7.05 Å². The zero-order valence-corrected chi connectivity index (χ0v) is 14.7.